The topological polar surface area (TPSA) is 56.5 Å². The molecule has 0 N–H and O–H groups in total. The number of rotatable bonds is 4. The third-order valence-corrected chi connectivity index (χ3v) is 4.10. The maximum absolute atomic E-state index is 12.6. The predicted molar refractivity (Wildman–Crippen MR) is 107 cm³/mol. The summed E-state index contributed by atoms with van der Waals surface area (Å²) in [6.07, 6.45) is 1.64. The lowest BCUT2D eigenvalue weighted by Gasteiger charge is -2.06. The van der Waals surface area contributed by atoms with Crippen LogP contribution in [0.15, 0.2) is 88.8 Å². The number of hydrogen-bond donors (Lipinski definition) is 0. The van der Waals surface area contributed by atoms with Gasteiger partial charge in [0.2, 0.25) is 0 Å². The first-order chi connectivity index (χ1) is 13.2. The second-order valence-corrected chi connectivity index (χ2v) is 6.02. The van der Waals surface area contributed by atoms with Crippen molar-refractivity contribution in [3.05, 3.63) is 101 Å². The van der Waals surface area contributed by atoms with Crippen LogP contribution in [0.5, 0.6) is 11.5 Å². The van der Waals surface area contributed by atoms with E-state index in [2.05, 4.69) is 10.1 Å². The predicted octanol–water partition coefficient (Wildman–Crippen LogP) is 4.38. The summed E-state index contributed by atoms with van der Waals surface area (Å²) in [6, 6.07) is 24.4. The monoisotopic (exact) mass is 355 g/mol. The molecule has 132 valence electrons. The van der Waals surface area contributed by atoms with Crippen molar-refractivity contribution >= 4 is 17.1 Å². The Bertz CT molecular complexity index is 1160. The largest absolute Gasteiger partial charge is 0.457 e. The van der Waals surface area contributed by atoms with Crippen molar-refractivity contribution in [1.82, 2.24) is 9.66 Å². The Balaban J connectivity index is 1.58. The van der Waals surface area contributed by atoms with Gasteiger partial charge >= 0.3 is 0 Å². The molecular formula is C22H17N3O2. The van der Waals surface area contributed by atoms with Gasteiger partial charge in [0.25, 0.3) is 5.56 Å². The summed E-state index contributed by atoms with van der Waals surface area (Å²) >= 11 is 0. The molecule has 0 saturated heterocycles. The molecule has 5 heteroatoms. The van der Waals surface area contributed by atoms with E-state index in [1.54, 1.807) is 19.2 Å². The Morgan fingerprint density at radius 1 is 0.889 bits per heavy atom. The smallest absolute Gasteiger partial charge is 0.282 e. The highest BCUT2D eigenvalue weighted by molar-refractivity contribution is 5.80. The summed E-state index contributed by atoms with van der Waals surface area (Å²) < 4.78 is 7.09. The molecule has 0 aliphatic rings. The van der Waals surface area contributed by atoms with Gasteiger partial charge < -0.3 is 4.74 Å². The van der Waals surface area contributed by atoms with Crippen LogP contribution in [0, 0.1) is 6.92 Å². The number of para-hydroxylation sites is 2. The maximum Gasteiger partial charge on any atom is 0.282 e. The van der Waals surface area contributed by atoms with E-state index in [1.165, 1.54) is 4.68 Å². The molecule has 0 unspecified atom stereocenters. The minimum Gasteiger partial charge on any atom is -0.457 e. The zero-order valence-electron chi connectivity index (χ0n) is 14.7. The third-order valence-electron chi connectivity index (χ3n) is 4.10. The molecule has 1 aromatic heterocycles. The molecule has 3 aromatic carbocycles. The van der Waals surface area contributed by atoms with E-state index in [4.69, 9.17) is 4.74 Å². The van der Waals surface area contributed by atoms with Crippen LogP contribution in [0.25, 0.3) is 10.9 Å². The molecule has 0 aliphatic carbocycles. The lowest BCUT2D eigenvalue weighted by molar-refractivity contribution is 0.482. The van der Waals surface area contributed by atoms with Crippen LogP contribution < -0.4 is 10.3 Å². The van der Waals surface area contributed by atoms with Gasteiger partial charge in [-0.15, -0.1) is 0 Å². The number of nitrogens with zero attached hydrogens (tertiary/aromatic N) is 3. The van der Waals surface area contributed by atoms with Crippen molar-refractivity contribution in [1.29, 1.82) is 0 Å². The van der Waals surface area contributed by atoms with Crippen molar-refractivity contribution in [2.24, 2.45) is 5.10 Å². The van der Waals surface area contributed by atoms with E-state index in [-0.39, 0.29) is 5.56 Å². The number of ether oxygens (including phenoxy) is 1. The van der Waals surface area contributed by atoms with Crippen LogP contribution in [0.1, 0.15) is 11.4 Å². The first-order valence-corrected chi connectivity index (χ1v) is 8.56. The fourth-order valence-electron chi connectivity index (χ4n) is 2.74. The van der Waals surface area contributed by atoms with Gasteiger partial charge in [0.05, 0.1) is 17.1 Å². The number of benzene rings is 3. The van der Waals surface area contributed by atoms with E-state index >= 15 is 0 Å². The highest BCUT2D eigenvalue weighted by atomic mass is 16.5. The third kappa shape index (κ3) is 3.62. The van der Waals surface area contributed by atoms with Gasteiger partial charge in [0, 0.05) is 0 Å². The van der Waals surface area contributed by atoms with Gasteiger partial charge in [0.1, 0.15) is 17.3 Å². The molecule has 0 fully saturated rings. The molecule has 0 spiro atoms. The van der Waals surface area contributed by atoms with Crippen LogP contribution in [0.4, 0.5) is 0 Å². The fraction of sp³-hybridized carbons (Fsp3) is 0.0455. The molecule has 4 aromatic rings. The van der Waals surface area contributed by atoms with Crippen LogP contribution in [0.2, 0.25) is 0 Å². The lowest BCUT2D eigenvalue weighted by atomic mass is 10.2. The van der Waals surface area contributed by atoms with E-state index in [0.717, 1.165) is 17.1 Å². The summed E-state index contributed by atoms with van der Waals surface area (Å²) in [4.78, 5) is 17.1. The van der Waals surface area contributed by atoms with Gasteiger partial charge in [-0.25, -0.2) is 4.98 Å². The molecule has 0 atom stereocenters. The van der Waals surface area contributed by atoms with Crippen molar-refractivity contribution in [3.8, 4) is 11.5 Å². The highest BCUT2D eigenvalue weighted by Crippen LogP contribution is 2.20. The average Bonchev–Trinajstić information content (AvgIpc) is 2.70. The number of hydrogen-bond acceptors (Lipinski definition) is 4. The van der Waals surface area contributed by atoms with Gasteiger partial charge in [-0.2, -0.15) is 9.78 Å². The van der Waals surface area contributed by atoms with Crippen LogP contribution in [-0.2, 0) is 0 Å². The zero-order chi connectivity index (χ0) is 18.6. The molecule has 5 nitrogen and oxygen atoms in total. The van der Waals surface area contributed by atoms with Crippen LogP contribution in [0.3, 0.4) is 0 Å². The quantitative estimate of drug-likeness (QED) is 0.511. The Morgan fingerprint density at radius 3 is 2.33 bits per heavy atom. The van der Waals surface area contributed by atoms with E-state index in [9.17, 15) is 4.79 Å². The van der Waals surface area contributed by atoms with Gasteiger partial charge in [-0.05, 0) is 61.0 Å². The maximum atomic E-state index is 12.6. The molecule has 0 saturated carbocycles. The number of aryl methyl sites for hydroxylation is 1. The highest BCUT2D eigenvalue weighted by Gasteiger charge is 2.06. The zero-order valence-corrected chi connectivity index (χ0v) is 14.7. The van der Waals surface area contributed by atoms with Crippen molar-refractivity contribution in [3.63, 3.8) is 0 Å². The second-order valence-electron chi connectivity index (χ2n) is 6.02. The Morgan fingerprint density at radius 2 is 1.56 bits per heavy atom. The molecule has 0 aliphatic heterocycles. The van der Waals surface area contributed by atoms with Crippen LogP contribution in [-0.4, -0.2) is 15.9 Å². The molecule has 27 heavy (non-hydrogen) atoms. The summed E-state index contributed by atoms with van der Waals surface area (Å²) in [5, 5.41) is 4.86. The summed E-state index contributed by atoms with van der Waals surface area (Å²) in [5.74, 6) is 2.06. The summed E-state index contributed by atoms with van der Waals surface area (Å²) in [7, 11) is 0. The van der Waals surface area contributed by atoms with E-state index < -0.39 is 0 Å². The van der Waals surface area contributed by atoms with Crippen molar-refractivity contribution < 1.29 is 4.74 Å². The first kappa shape index (κ1) is 16.7. The van der Waals surface area contributed by atoms with Gasteiger partial charge in [-0.1, -0.05) is 30.3 Å². The lowest BCUT2D eigenvalue weighted by Crippen LogP contribution is -2.20. The second kappa shape index (κ2) is 7.25. The Kier molecular flexibility index (Phi) is 4.49. The van der Waals surface area contributed by atoms with Gasteiger partial charge in [0.15, 0.2) is 0 Å². The van der Waals surface area contributed by atoms with Crippen molar-refractivity contribution in [2.45, 2.75) is 6.92 Å². The van der Waals surface area contributed by atoms with Crippen LogP contribution >= 0.6 is 0 Å². The fourth-order valence-corrected chi connectivity index (χ4v) is 2.74. The minimum absolute atomic E-state index is 0.182. The van der Waals surface area contributed by atoms with Crippen molar-refractivity contribution in [2.75, 3.05) is 0 Å². The molecule has 4 rings (SSSR count). The molecule has 0 bridgehead atoms. The number of aromatic nitrogens is 2. The average molecular weight is 355 g/mol. The van der Waals surface area contributed by atoms with Gasteiger partial charge in [-0.3, -0.25) is 4.79 Å². The normalized spacial score (nSPS) is 11.1. The SMILES string of the molecule is Cc1nc2ccccc2c(=O)n1/N=C/c1ccc(Oc2ccccc2)cc1. The minimum atomic E-state index is -0.182. The van der Waals surface area contributed by atoms with E-state index in [1.807, 2.05) is 72.8 Å². The molecule has 1 heterocycles. The Labute approximate surface area is 156 Å². The Hall–Kier alpha value is -3.73. The first-order valence-electron chi connectivity index (χ1n) is 8.56. The summed E-state index contributed by atoms with van der Waals surface area (Å²) in [5.41, 5.74) is 1.35. The summed E-state index contributed by atoms with van der Waals surface area (Å²) in [6.45, 7) is 1.77. The molecular weight excluding hydrogens is 338 g/mol. The molecule has 0 radical (unpaired) electrons. The molecule has 0 amide bonds. The standard InChI is InChI=1S/C22H17N3O2/c1-16-24-21-10-6-5-9-20(21)22(26)25(16)23-15-17-11-13-19(14-12-17)27-18-7-3-2-4-8-18/h2-15H,1H3/b23-15+. The van der Waals surface area contributed by atoms with E-state index in [0.29, 0.717) is 16.7 Å². The number of fused-ring (bicyclic) bond motifs is 1.